The van der Waals surface area contributed by atoms with E-state index in [1.165, 1.54) is 0 Å². The average molecular weight is 406 g/mol. The lowest BCUT2D eigenvalue weighted by molar-refractivity contribution is -0.117. The van der Waals surface area contributed by atoms with E-state index in [0.717, 1.165) is 27.9 Å². The van der Waals surface area contributed by atoms with Crippen molar-refractivity contribution in [2.75, 3.05) is 16.8 Å². The molecule has 4 nitrogen and oxygen atoms in total. The van der Waals surface area contributed by atoms with Gasteiger partial charge in [0.1, 0.15) is 0 Å². The molecule has 1 heterocycles. The van der Waals surface area contributed by atoms with Crippen molar-refractivity contribution in [3.05, 3.63) is 57.7 Å². The zero-order valence-electron chi connectivity index (χ0n) is 11.9. The van der Waals surface area contributed by atoms with Crippen LogP contribution in [0.5, 0.6) is 0 Å². The van der Waals surface area contributed by atoms with Gasteiger partial charge >= 0.3 is 0 Å². The predicted molar refractivity (Wildman–Crippen MR) is 95.1 cm³/mol. The van der Waals surface area contributed by atoms with Crippen molar-refractivity contribution in [3.63, 3.8) is 0 Å². The molecule has 0 spiro atoms. The Kier molecular flexibility index (Phi) is 4.42. The highest BCUT2D eigenvalue weighted by Gasteiger charge is 2.21. The van der Waals surface area contributed by atoms with Crippen LogP contribution in [-0.4, -0.2) is 18.4 Å². The van der Waals surface area contributed by atoms with Gasteiger partial charge in [-0.05, 0) is 71.5 Å². The lowest BCUT2D eigenvalue weighted by Crippen LogP contribution is -2.23. The van der Waals surface area contributed by atoms with Crippen LogP contribution in [0.25, 0.3) is 0 Å². The lowest BCUT2D eigenvalue weighted by Gasteiger charge is -2.16. The van der Waals surface area contributed by atoms with E-state index in [9.17, 15) is 9.59 Å². The number of hydrogen-bond donors (Lipinski definition) is 1. The van der Waals surface area contributed by atoms with Crippen molar-refractivity contribution in [2.45, 2.75) is 12.8 Å². The van der Waals surface area contributed by atoms with E-state index in [0.29, 0.717) is 12.0 Å². The van der Waals surface area contributed by atoms with Crippen molar-refractivity contribution in [1.82, 2.24) is 0 Å². The number of halogens is 1. The van der Waals surface area contributed by atoms with Crippen LogP contribution < -0.4 is 10.2 Å². The first-order valence-corrected chi connectivity index (χ1v) is 8.19. The molecule has 0 aliphatic carbocycles. The Labute approximate surface area is 142 Å². The van der Waals surface area contributed by atoms with Gasteiger partial charge in [-0.25, -0.2) is 0 Å². The maximum atomic E-state index is 12.2. The summed E-state index contributed by atoms with van der Waals surface area (Å²) in [5.74, 6) is 0.0270. The SMILES string of the molecule is O=C(Nc1ccc(N2CCCC2=O)cc1)c1cccc(I)c1. The minimum Gasteiger partial charge on any atom is -0.322 e. The fraction of sp³-hybridized carbons (Fsp3) is 0.176. The second-order valence-electron chi connectivity index (χ2n) is 5.16. The highest BCUT2D eigenvalue weighted by atomic mass is 127. The molecule has 0 atom stereocenters. The first kappa shape index (κ1) is 15.0. The molecule has 22 heavy (non-hydrogen) atoms. The summed E-state index contributed by atoms with van der Waals surface area (Å²) in [6.45, 7) is 0.771. The number of anilines is 2. The van der Waals surface area contributed by atoms with Crippen molar-refractivity contribution in [1.29, 1.82) is 0 Å². The number of carbonyl (C=O) groups is 2. The van der Waals surface area contributed by atoms with Crippen LogP contribution in [0.3, 0.4) is 0 Å². The second-order valence-corrected chi connectivity index (χ2v) is 6.41. The predicted octanol–water partition coefficient (Wildman–Crippen LogP) is 3.67. The Morgan fingerprint density at radius 2 is 1.91 bits per heavy atom. The molecule has 5 heteroatoms. The van der Waals surface area contributed by atoms with Crippen molar-refractivity contribution >= 4 is 45.8 Å². The zero-order valence-corrected chi connectivity index (χ0v) is 14.0. The molecule has 1 fully saturated rings. The molecule has 2 aromatic rings. The highest BCUT2D eigenvalue weighted by Crippen LogP contribution is 2.23. The van der Waals surface area contributed by atoms with Crippen molar-refractivity contribution in [3.8, 4) is 0 Å². The van der Waals surface area contributed by atoms with Gasteiger partial charge in [0.2, 0.25) is 5.91 Å². The Balaban J connectivity index is 1.71. The van der Waals surface area contributed by atoms with Gasteiger partial charge in [0.05, 0.1) is 0 Å². The number of hydrogen-bond acceptors (Lipinski definition) is 2. The average Bonchev–Trinajstić information content (AvgIpc) is 2.94. The Hall–Kier alpha value is -1.89. The van der Waals surface area contributed by atoms with Crippen LogP contribution >= 0.6 is 22.6 Å². The molecule has 0 saturated carbocycles. The molecule has 1 N–H and O–H groups in total. The monoisotopic (exact) mass is 406 g/mol. The van der Waals surface area contributed by atoms with Crippen LogP contribution in [0.2, 0.25) is 0 Å². The zero-order chi connectivity index (χ0) is 15.5. The van der Waals surface area contributed by atoms with Gasteiger partial charge in [-0.15, -0.1) is 0 Å². The number of nitrogens with one attached hydrogen (secondary N) is 1. The number of carbonyl (C=O) groups excluding carboxylic acids is 2. The van der Waals surface area contributed by atoms with Gasteiger partial charge in [-0.3, -0.25) is 9.59 Å². The van der Waals surface area contributed by atoms with Gasteiger partial charge < -0.3 is 10.2 Å². The van der Waals surface area contributed by atoms with E-state index in [1.807, 2.05) is 42.5 Å². The smallest absolute Gasteiger partial charge is 0.255 e. The Morgan fingerprint density at radius 3 is 2.55 bits per heavy atom. The maximum Gasteiger partial charge on any atom is 0.255 e. The molecule has 2 aromatic carbocycles. The molecule has 0 radical (unpaired) electrons. The number of rotatable bonds is 3. The molecule has 3 rings (SSSR count). The standard InChI is InChI=1S/C17H15IN2O2/c18-13-4-1-3-12(11-13)17(22)19-14-6-8-15(9-7-14)20-10-2-5-16(20)21/h1,3-4,6-9,11H,2,5,10H2,(H,19,22). The van der Waals surface area contributed by atoms with Gasteiger partial charge in [-0.1, -0.05) is 6.07 Å². The molecule has 0 aromatic heterocycles. The Morgan fingerprint density at radius 1 is 1.14 bits per heavy atom. The first-order chi connectivity index (χ1) is 10.6. The van der Waals surface area contributed by atoms with Crippen LogP contribution in [0.15, 0.2) is 48.5 Å². The fourth-order valence-corrected chi connectivity index (χ4v) is 3.02. The van der Waals surface area contributed by atoms with Crippen LogP contribution in [-0.2, 0) is 4.79 Å². The van der Waals surface area contributed by atoms with E-state index < -0.39 is 0 Å². The van der Waals surface area contributed by atoms with Crippen molar-refractivity contribution < 1.29 is 9.59 Å². The van der Waals surface area contributed by atoms with E-state index in [2.05, 4.69) is 27.9 Å². The molecule has 1 aliphatic heterocycles. The molecule has 0 bridgehead atoms. The quantitative estimate of drug-likeness (QED) is 0.791. The van der Waals surface area contributed by atoms with Gasteiger partial charge in [-0.2, -0.15) is 0 Å². The van der Waals surface area contributed by atoms with Crippen molar-refractivity contribution in [2.24, 2.45) is 0 Å². The third-order valence-corrected chi connectivity index (χ3v) is 4.27. The lowest BCUT2D eigenvalue weighted by atomic mass is 10.2. The molecule has 0 unspecified atom stereocenters. The molecular weight excluding hydrogens is 391 g/mol. The van der Waals surface area contributed by atoms with Crippen LogP contribution in [0.4, 0.5) is 11.4 Å². The second kappa shape index (κ2) is 6.48. The normalized spacial score (nSPS) is 14.2. The molecular formula is C17H15IN2O2. The van der Waals surface area contributed by atoms with E-state index in [1.54, 1.807) is 11.0 Å². The van der Waals surface area contributed by atoms with E-state index in [-0.39, 0.29) is 11.8 Å². The maximum absolute atomic E-state index is 12.2. The van der Waals surface area contributed by atoms with Crippen LogP contribution in [0, 0.1) is 3.57 Å². The number of amides is 2. The summed E-state index contributed by atoms with van der Waals surface area (Å²) in [5.41, 5.74) is 2.24. The van der Waals surface area contributed by atoms with Gasteiger partial charge in [0, 0.05) is 33.5 Å². The summed E-state index contributed by atoms with van der Waals surface area (Å²) in [6.07, 6.45) is 1.52. The summed E-state index contributed by atoms with van der Waals surface area (Å²) < 4.78 is 1.02. The minimum absolute atomic E-state index is 0.136. The van der Waals surface area contributed by atoms with Gasteiger partial charge in [0.15, 0.2) is 0 Å². The summed E-state index contributed by atoms with van der Waals surface area (Å²) in [5, 5.41) is 2.87. The molecule has 1 aliphatic rings. The third kappa shape index (κ3) is 3.30. The summed E-state index contributed by atoms with van der Waals surface area (Å²) >= 11 is 2.18. The van der Waals surface area contributed by atoms with Gasteiger partial charge in [0.25, 0.3) is 5.91 Å². The first-order valence-electron chi connectivity index (χ1n) is 7.11. The summed E-state index contributed by atoms with van der Waals surface area (Å²) in [6, 6.07) is 14.8. The Bertz CT molecular complexity index is 713. The van der Waals surface area contributed by atoms with E-state index in [4.69, 9.17) is 0 Å². The van der Waals surface area contributed by atoms with Crippen LogP contribution in [0.1, 0.15) is 23.2 Å². The minimum atomic E-state index is -0.136. The fourth-order valence-electron chi connectivity index (χ4n) is 2.48. The largest absolute Gasteiger partial charge is 0.322 e. The van der Waals surface area contributed by atoms with E-state index >= 15 is 0 Å². The third-order valence-electron chi connectivity index (χ3n) is 3.60. The summed E-state index contributed by atoms with van der Waals surface area (Å²) in [4.78, 5) is 25.7. The molecule has 1 saturated heterocycles. The molecule has 112 valence electrons. The topological polar surface area (TPSA) is 49.4 Å². The highest BCUT2D eigenvalue weighted by molar-refractivity contribution is 14.1. The number of nitrogens with zero attached hydrogens (tertiary/aromatic N) is 1. The summed E-state index contributed by atoms with van der Waals surface area (Å²) in [7, 11) is 0. The number of benzene rings is 2. The molecule has 2 amide bonds.